The minimum Gasteiger partial charge on any atom is -0.495 e. The molecule has 6 heteroatoms. The molecule has 0 spiro atoms. The molecule has 0 heterocycles. The van der Waals surface area contributed by atoms with Gasteiger partial charge in [-0.05, 0) is 50.3 Å². The molecule has 1 aromatic rings. The van der Waals surface area contributed by atoms with Crippen LogP contribution in [0.15, 0.2) is 23.1 Å². The molecule has 0 aromatic heterocycles. The summed E-state index contributed by atoms with van der Waals surface area (Å²) in [5, 5.41) is 9.16. The highest BCUT2D eigenvalue weighted by molar-refractivity contribution is 7.89. The van der Waals surface area contributed by atoms with E-state index in [0.717, 1.165) is 12.8 Å². The molecule has 0 radical (unpaired) electrons. The zero-order valence-electron chi connectivity index (χ0n) is 12.7. The van der Waals surface area contributed by atoms with Gasteiger partial charge in [-0.15, -0.1) is 0 Å². The van der Waals surface area contributed by atoms with Crippen LogP contribution in [0.5, 0.6) is 5.75 Å². The van der Waals surface area contributed by atoms with Crippen molar-refractivity contribution >= 4 is 10.0 Å². The highest BCUT2D eigenvalue weighted by atomic mass is 32.2. The molecule has 0 bridgehead atoms. The Morgan fingerprint density at radius 3 is 2.52 bits per heavy atom. The summed E-state index contributed by atoms with van der Waals surface area (Å²) in [7, 11) is -2.16. The smallest absolute Gasteiger partial charge is 0.246 e. The third-order valence-corrected chi connectivity index (χ3v) is 5.79. The third-order valence-electron chi connectivity index (χ3n) is 3.71. The van der Waals surface area contributed by atoms with Crippen molar-refractivity contribution in [3.8, 4) is 5.75 Å². The maximum atomic E-state index is 12.9. The van der Waals surface area contributed by atoms with Crippen LogP contribution >= 0.6 is 0 Å². The van der Waals surface area contributed by atoms with Gasteiger partial charge in [-0.3, -0.25) is 0 Å². The number of aliphatic hydroxyl groups excluding tert-OH is 1. The van der Waals surface area contributed by atoms with Crippen LogP contribution in [0, 0.1) is 5.92 Å². The number of ether oxygens (including phenoxy) is 1. The van der Waals surface area contributed by atoms with Crippen LogP contribution in [0.4, 0.5) is 0 Å². The van der Waals surface area contributed by atoms with Crippen LogP contribution in [0.1, 0.15) is 32.3 Å². The van der Waals surface area contributed by atoms with Crippen molar-refractivity contribution in [2.24, 2.45) is 5.92 Å². The van der Waals surface area contributed by atoms with Gasteiger partial charge in [0.2, 0.25) is 10.0 Å². The highest BCUT2D eigenvalue weighted by Crippen LogP contribution is 2.34. The number of methoxy groups -OCH3 is 1. The fourth-order valence-electron chi connectivity index (χ4n) is 2.29. The van der Waals surface area contributed by atoms with E-state index in [9.17, 15) is 8.42 Å². The summed E-state index contributed by atoms with van der Waals surface area (Å²) in [4.78, 5) is 0.163. The summed E-state index contributed by atoms with van der Waals surface area (Å²) in [5.74, 6) is 0.757. The molecule has 1 fully saturated rings. The highest BCUT2D eigenvalue weighted by Gasteiger charge is 2.34. The Kier molecular flexibility index (Phi) is 4.91. The predicted molar refractivity (Wildman–Crippen MR) is 80.7 cm³/mol. The Bertz CT molecular complexity index is 594. The Morgan fingerprint density at radius 2 is 2.05 bits per heavy atom. The molecule has 1 aliphatic rings. The predicted octanol–water partition coefficient (Wildman–Crippen LogP) is 2.00. The lowest BCUT2D eigenvalue weighted by atomic mass is 10.2. The molecule has 0 aliphatic heterocycles. The number of rotatable bonds is 7. The topological polar surface area (TPSA) is 66.8 Å². The molecule has 1 saturated carbocycles. The molecular weight excluding hydrogens is 290 g/mol. The van der Waals surface area contributed by atoms with E-state index in [1.165, 1.54) is 13.2 Å². The van der Waals surface area contributed by atoms with Crippen LogP contribution < -0.4 is 4.74 Å². The van der Waals surface area contributed by atoms with E-state index in [2.05, 4.69) is 0 Å². The van der Waals surface area contributed by atoms with Crippen LogP contribution in [0.25, 0.3) is 0 Å². The van der Waals surface area contributed by atoms with E-state index >= 15 is 0 Å². The van der Waals surface area contributed by atoms with Gasteiger partial charge in [0.15, 0.2) is 0 Å². The molecule has 1 aromatic carbocycles. The van der Waals surface area contributed by atoms with Gasteiger partial charge < -0.3 is 9.84 Å². The fraction of sp³-hybridized carbons (Fsp3) is 0.600. The van der Waals surface area contributed by atoms with Crippen LogP contribution in [0.2, 0.25) is 0 Å². The normalized spacial score (nSPS) is 15.7. The van der Waals surface area contributed by atoms with E-state index in [1.54, 1.807) is 16.4 Å². The second kappa shape index (κ2) is 6.34. The molecule has 21 heavy (non-hydrogen) atoms. The van der Waals surface area contributed by atoms with Gasteiger partial charge in [0.05, 0.1) is 13.7 Å². The number of hydrogen-bond acceptors (Lipinski definition) is 4. The molecule has 0 atom stereocenters. The second-order valence-corrected chi connectivity index (χ2v) is 7.61. The second-order valence-electron chi connectivity index (χ2n) is 5.76. The van der Waals surface area contributed by atoms with Crippen molar-refractivity contribution in [3.63, 3.8) is 0 Å². The lowest BCUT2D eigenvalue weighted by Crippen LogP contribution is -2.38. The lowest BCUT2D eigenvalue weighted by molar-refractivity contribution is 0.280. The monoisotopic (exact) mass is 313 g/mol. The maximum Gasteiger partial charge on any atom is 0.246 e. The first-order valence-electron chi connectivity index (χ1n) is 7.19. The van der Waals surface area contributed by atoms with Crippen LogP contribution in [-0.4, -0.2) is 37.5 Å². The maximum absolute atomic E-state index is 12.9. The van der Waals surface area contributed by atoms with Gasteiger partial charge in [0.25, 0.3) is 0 Å². The Hall–Kier alpha value is -1.11. The zero-order valence-corrected chi connectivity index (χ0v) is 13.6. The number of benzene rings is 1. The summed E-state index contributed by atoms with van der Waals surface area (Å²) in [6.07, 6.45) is 2.19. The van der Waals surface area contributed by atoms with Crippen LogP contribution in [-0.2, 0) is 16.6 Å². The first-order chi connectivity index (χ1) is 9.90. The first-order valence-corrected chi connectivity index (χ1v) is 8.63. The van der Waals surface area contributed by atoms with Gasteiger partial charge in [0, 0.05) is 12.6 Å². The minimum atomic E-state index is -3.60. The average molecular weight is 313 g/mol. The van der Waals surface area contributed by atoms with Crippen molar-refractivity contribution in [2.75, 3.05) is 13.7 Å². The quantitative estimate of drug-likeness (QED) is 0.836. The number of hydrogen-bond donors (Lipinski definition) is 1. The molecule has 1 N–H and O–H groups in total. The van der Waals surface area contributed by atoms with E-state index in [-0.39, 0.29) is 23.3 Å². The van der Waals surface area contributed by atoms with Crippen molar-refractivity contribution in [2.45, 2.75) is 44.2 Å². The van der Waals surface area contributed by atoms with Crippen molar-refractivity contribution < 1.29 is 18.3 Å². The standard InChI is InChI=1S/C15H23NO4S/c1-11(2)16(9-12-4-5-12)21(18,19)15-7-6-13(10-17)8-14(15)20-3/h6-8,11-12,17H,4-5,9-10H2,1-3H3. The summed E-state index contributed by atoms with van der Waals surface area (Å²) in [6, 6.07) is 4.60. The van der Waals surface area contributed by atoms with Crippen molar-refractivity contribution in [3.05, 3.63) is 23.8 Å². The molecule has 1 aliphatic carbocycles. The van der Waals surface area contributed by atoms with Gasteiger partial charge in [0.1, 0.15) is 10.6 Å². The van der Waals surface area contributed by atoms with Crippen molar-refractivity contribution in [1.82, 2.24) is 4.31 Å². The molecule has 0 unspecified atom stereocenters. The third kappa shape index (κ3) is 3.56. The Morgan fingerprint density at radius 1 is 1.38 bits per heavy atom. The van der Waals surface area contributed by atoms with E-state index in [0.29, 0.717) is 18.0 Å². The first kappa shape index (κ1) is 16.3. The van der Waals surface area contributed by atoms with Gasteiger partial charge >= 0.3 is 0 Å². The molecule has 0 saturated heterocycles. The average Bonchev–Trinajstić information content (AvgIpc) is 3.27. The molecule has 118 valence electrons. The molecule has 5 nitrogen and oxygen atoms in total. The fourth-order valence-corrected chi connectivity index (χ4v) is 4.14. The van der Waals surface area contributed by atoms with E-state index < -0.39 is 10.0 Å². The summed E-state index contributed by atoms with van der Waals surface area (Å²) < 4.78 is 32.6. The van der Waals surface area contributed by atoms with Crippen LogP contribution in [0.3, 0.4) is 0 Å². The number of aliphatic hydroxyl groups is 1. The summed E-state index contributed by atoms with van der Waals surface area (Å²) in [5.41, 5.74) is 0.629. The van der Waals surface area contributed by atoms with E-state index in [4.69, 9.17) is 9.84 Å². The lowest BCUT2D eigenvalue weighted by Gasteiger charge is -2.26. The summed E-state index contributed by atoms with van der Waals surface area (Å²) in [6.45, 7) is 4.18. The van der Waals surface area contributed by atoms with Crippen molar-refractivity contribution in [1.29, 1.82) is 0 Å². The largest absolute Gasteiger partial charge is 0.495 e. The zero-order chi connectivity index (χ0) is 15.6. The van der Waals surface area contributed by atoms with Gasteiger partial charge in [-0.1, -0.05) is 6.07 Å². The summed E-state index contributed by atoms with van der Waals surface area (Å²) >= 11 is 0. The molecular formula is C15H23NO4S. The van der Waals surface area contributed by atoms with E-state index in [1.807, 2.05) is 13.8 Å². The molecule has 0 amide bonds. The SMILES string of the molecule is COc1cc(CO)ccc1S(=O)(=O)N(CC1CC1)C(C)C. The number of sulfonamides is 1. The van der Waals surface area contributed by atoms with Gasteiger partial charge in [-0.25, -0.2) is 8.42 Å². The Balaban J connectivity index is 2.40. The number of nitrogens with zero attached hydrogens (tertiary/aromatic N) is 1. The molecule has 2 rings (SSSR count). The van der Waals surface area contributed by atoms with Gasteiger partial charge in [-0.2, -0.15) is 4.31 Å². The minimum absolute atomic E-state index is 0.0992. The Labute approximate surface area is 126 Å².